The lowest BCUT2D eigenvalue weighted by Crippen LogP contribution is -2.38. The smallest absolute Gasteiger partial charge is 0.191 e. The van der Waals surface area contributed by atoms with Gasteiger partial charge < -0.3 is 10.6 Å². The van der Waals surface area contributed by atoms with Crippen LogP contribution < -0.4 is 10.6 Å². The molecule has 3 nitrogen and oxygen atoms in total. The molecule has 0 aromatic heterocycles. The zero-order valence-electron chi connectivity index (χ0n) is 14.3. The maximum Gasteiger partial charge on any atom is 0.191 e. The van der Waals surface area contributed by atoms with E-state index in [1.807, 2.05) is 6.92 Å². The van der Waals surface area contributed by atoms with E-state index in [9.17, 15) is 17.6 Å². The maximum absolute atomic E-state index is 13.6. The fourth-order valence-electron chi connectivity index (χ4n) is 2.26. The van der Waals surface area contributed by atoms with Gasteiger partial charge in [-0.05, 0) is 41.8 Å². The zero-order chi connectivity index (χ0) is 18.4. The predicted octanol–water partition coefficient (Wildman–Crippen LogP) is 4.33. The van der Waals surface area contributed by atoms with Crippen molar-refractivity contribution in [2.45, 2.75) is 19.4 Å². The van der Waals surface area contributed by atoms with Crippen LogP contribution in [0.25, 0.3) is 0 Å². The number of hydrogen-bond acceptors (Lipinski definition) is 1. The van der Waals surface area contributed by atoms with Gasteiger partial charge in [-0.2, -0.15) is 0 Å². The average Bonchev–Trinajstić information content (AvgIpc) is 2.60. The zero-order valence-corrected chi connectivity index (χ0v) is 16.7. The van der Waals surface area contributed by atoms with E-state index < -0.39 is 23.3 Å². The predicted molar refractivity (Wildman–Crippen MR) is 105 cm³/mol. The molecule has 2 rings (SSSR count). The second-order valence-corrected chi connectivity index (χ2v) is 5.62. The van der Waals surface area contributed by atoms with Crippen LogP contribution in [0.4, 0.5) is 17.6 Å². The van der Waals surface area contributed by atoms with Crippen molar-refractivity contribution in [3.63, 3.8) is 0 Å². The van der Waals surface area contributed by atoms with Crippen molar-refractivity contribution >= 4 is 29.9 Å². The molecular formula is C18H20F4IN3. The number of nitrogens with zero attached hydrogens (tertiary/aromatic N) is 1. The fourth-order valence-corrected chi connectivity index (χ4v) is 2.26. The molecule has 142 valence electrons. The molecule has 0 aliphatic rings. The van der Waals surface area contributed by atoms with Crippen molar-refractivity contribution in [2.24, 2.45) is 4.99 Å². The molecule has 2 N–H and O–H groups in total. The number of aliphatic imine (C=N–C) groups is 1. The molecule has 1 unspecified atom stereocenters. The SMILES string of the molecule is CN=C(NCc1cc(F)ccc1F)NCC(C)c1ccc(F)c(F)c1.I. The molecule has 0 spiro atoms. The Morgan fingerprint density at radius 3 is 2.31 bits per heavy atom. The molecule has 2 aromatic rings. The normalized spacial score (nSPS) is 12.3. The molecule has 0 fully saturated rings. The molecule has 0 amide bonds. The van der Waals surface area contributed by atoms with Crippen LogP contribution in [-0.4, -0.2) is 19.6 Å². The molecule has 0 aliphatic heterocycles. The summed E-state index contributed by atoms with van der Waals surface area (Å²) in [5.74, 6) is -2.54. The first kappa shape index (κ1) is 22.2. The van der Waals surface area contributed by atoms with Crippen LogP contribution in [-0.2, 0) is 6.54 Å². The summed E-state index contributed by atoms with van der Waals surface area (Å²) in [7, 11) is 1.54. The van der Waals surface area contributed by atoms with Crippen LogP contribution >= 0.6 is 24.0 Å². The van der Waals surface area contributed by atoms with Crippen LogP contribution in [0.5, 0.6) is 0 Å². The number of hydrogen-bond donors (Lipinski definition) is 2. The lowest BCUT2D eigenvalue weighted by Gasteiger charge is -2.17. The molecular weight excluding hydrogens is 461 g/mol. The van der Waals surface area contributed by atoms with E-state index in [0.29, 0.717) is 18.1 Å². The Labute approximate surface area is 166 Å². The third-order valence-corrected chi connectivity index (χ3v) is 3.77. The van der Waals surface area contributed by atoms with Crippen LogP contribution in [0.1, 0.15) is 24.0 Å². The standard InChI is InChI=1S/C18H19F4N3.HI/c1-11(12-3-5-16(21)17(22)8-12)9-24-18(23-2)25-10-13-7-14(19)4-6-15(13)20;/h3-8,11H,9-10H2,1-2H3,(H2,23,24,25);1H. The van der Waals surface area contributed by atoms with E-state index in [1.54, 1.807) is 7.05 Å². The molecule has 0 saturated heterocycles. The summed E-state index contributed by atoms with van der Waals surface area (Å²) in [6, 6.07) is 6.98. The Morgan fingerprint density at radius 2 is 1.65 bits per heavy atom. The molecule has 0 aliphatic carbocycles. The molecule has 1 atom stereocenters. The summed E-state index contributed by atoms with van der Waals surface area (Å²) in [5.41, 5.74) is 0.814. The number of nitrogens with one attached hydrogen (secondary N) is 2. The van der Waals surface area contributed by atoms with Gasteiger partial charge in [-0.3, -0.25) is 4.99 Å². The second kappa shape index (κ2) is 10.3. The minimum absolute atomic E-state index is 0. The largest absolute Gasteiger partial charge is 0.356 e. The third kappa shape index (κ3) is 6.15. The summed E-state index contributed by atoms with van der Waals surface area (Å²) < 4.78 is 53.0. The minimum Gasteiger partial charge on any atom is -0.356 e. The van der Waals surface area contributed by atoms with Gasteiger partial charge in [-0.25, -0.2) is 17.6 Å². The van der Waals surface area contributed by atoms with Gasteiger partial charge in [0.05, 0.1) is 0 Å². The Morgan fingerprint density at radius 1 is 0.962 bits per heavy atom. The lowest BCUT2D eigenvalue weighted by atomic mass is 10.0. The number of halogens is 5. The van der Waals surface area contributed by atoms with E-state index in [2.05, 4.69) is 15.6 Å². The van der Waals surface area contributed by atoms with Crippen LogP contribution in [0.2, 0.25) is 0 Å². The van der Waals surface area contributed by atoms with Crippen molar-refractivity contribution in [2.75, 3.05) is 13.6 Å². The molecule has 26 heavy (non-hydrogen) atoms. The second-order valence-electron chi connectivity index (χ2n) is 5.62. The average molecular weight is 481 g/mol. The van der Waals surface area contributed by atoms with E-state index in [-0.39, 0.29) is 42.0 Å². The Balaban J connectivity index is 0.00000338. The Bertz CT molecular complexity index is 768. The van der Waals surface area contributed by atoms with Gasteiger partial charge in [0.15, 0.2) is 17.6 Å². The van der Waals surface area contributed by atoms with Gasteiger partial charge in [0, 0.05) is 25.7 Å². The first-order chi connectivity index (χ1) is 11.9. The van der Waals surface area contributed by atoms with Crippen molar-refractivity contribution in [3.05, 3.63) is 70.8 Å². The first-order valence-corrected chi connectivity index (χ1v) is 7.74. The molecule has 2 aromatic carbocycles. The topological polar surface area (TPSA) is 36.4 Å². The third-order valence-electron chi connectivity index (χ3n) is 3.77. The van der Waals surface area contributed by atoms with E-state index in [1.165, 1.54) is 6.07 Å². The van der Waals surface area contributed by atoms with E-state index in [4.69, 9.17) is 0 Å². The van der Waals surface area contributed by atoms with E-state index >= 15 is 0 Å². The summed E-state index contributed by atoms with van der Waals surface area (Å²) >= 11 is 0. The summed E-state index contributed by atoms with van der Waals surface area (Å²) in [6.07, 6.45) is 0. The Kier molecular flexibility index (Phi) is 8.83. The van der Waals surface area contributed by atoms with Crippen LogP contribution in [0.15, 0.2) is 41.4 Å². The molecule has 0 heterocycles. The fraction of sp³-hybridized carbons (Fsp3) is 0.278. The monoisotopic (exact) mass is 481 g/mol. The van der Waals surface area contributed by atoms with Gasteiger partial charge in [-0.15, -0.1) is 24.0 Å². The van der Waals surface area contributed by atoms with Crippen LogP contribution in [0.3, 0.4) is 0 Å². The quantitative estimate of drug-likeness (QED) is 0.289. The molecule has 0 saturated carbocycles. The van der Waals surface area contributed by atoms with Gasteiger partial charge in [0.25, 0.3) is 0 Å². The van der Waals surface area contributed by atoms with Gasteiger partial charge in [0.1, 0.15) is 11.6 Å². The molecule has 8 heteroatoms. The van der Waals surface area contributed by atoms with Crippen molar-refractivity contribution < 1.29 is 17.6 Å². The molecule has 0 radical (unpaired) electrons. The van der Waals surface area contributed by atoms with Crippen molar-refractivity contribution in [1.82, 2.24) is 10.6 Å². The van der Waals surface area contributed by atoms with Crippen LogP contribution in [0, 0.1) is 23.3 Å². The summed E-state index contributed by atoms with van der Waals surface area (Å²) in [6.45, 7) is 2.30. The maximum atomic E-state index is 13.6. The minimum atomic E-state index is -0.895. The summed E-state index contributed by atoms with van der Waals surface area (Å²) in [4.78, 5) is 4.00. The number of guanidine groups is 1. The number of rotatable bonds is 5. The highest BCUT2D eigenvalue weighted by atomic mass is 127. The number of benzene rings is 2. The van der Waals surface area contributed by atoms with Gasteiger partial charge in [-0.1, -0.05) is 13.0 Å². The van der Waals surface area contributed by atoms with Gasteiger partial charge in [0.2, 0.25) is 0 Å². The van der Waals surface area contributed by atoms with Crippen molar-refractivity contribution in [1.29, 1.82) is 0 Å². The van der Waals surface area contributed by atoms with Crippen molar-refractivity contribution in [3.8, 4) is 0 Å². The Hall–Kier alpha value is -1.84. The highest BCUT2D eigenvalue weighted by Gasteiger charge is 2.11. The first-order valence-electron chi connectivity index (χ1n) is 7.74. The highest BCUT2D eigenvalue weighted by Crippen LogP contribution is 2.17. The van der Waals surface area contributed by atoms with E-state index in [0.717, 1.165) is 30.3 Å². The molecule has 0 bridgehead atoms. The highest BCUT2D eigenvalue weighted by molar-refractivity contribution is 14.0. The van der Waals surface area contributed by atoms with Gasteiger partial charge >= 0.3 is 0 Å². The lowest BCUT2D eigenvalue weighted by molar-refractivity contribution is 0.505. The summed E-state index contributed by atoms with van der Waals surface area (Å²) in [5, 5.41) is 5.89.